The van der Waals surface area contributed by atoms with Crippen LogP contribution in [0.3, 0.4) is 0 Å². The molecule has 1 heterocycles. The van der Waals surface area contributed by atoms with Crippen molar-refractivity contribution >= 4 is 0 Å². The van der Waals surface area contributed by atoms with Crippen molar-refractivity contribution in [1.82, 2.24) is 10.3 Å². The van der Waals surface area contributed by atoms with Gasteiger partial charge in [0.1, 0.15) is 0 Å². The minimum Gasteiger partial charge on any atom is -0.477 e. The van der Waals surface area contributed by atoms with Gasteiger partial charge in [0, 0.05) is 18.3 Å². The molecule has 0 fully saturated rings. The zero-order chi connectivity index (χ0) is 13.1. The molecule has 0 aliphatic heterocycles. The van der Waals surface area contributed by atoms with Crippen LogP contribution in [0.15, 0.2) is 18.3 Å². The van der Waals surface area contributed by atoms with Crippen molar-refractivity contribution in [1.29, 1.82) is 0 Å². The molecule has 0 saturated heterocycles. The molecule has 1 aromatic heterocycles. The van der Waals surface area contributed by atoms with Crippen LogP contribution in [-0.4, -0.2) is 18.6 Å². The average Bonchev–Trinajstić information content (AvgIpc) is 2.40. The summed E-state index contributed by atoms with van der Waals surface area (Å²) in [6.45, 7) is 3.83. The first-order valence-corrected chi connectivity index (χ1v) is 7.09. The molecule has 18 heavy (non-hydrogen) atoms. The highest BCUT2D eigenvalue weighted by molar-refractivity contribution is 5.25. The fourth-order valence-corrected chi connectivity index (χ4v) is 1.93. The number of hydrogen-bond acceptors (Lipinski definition) is 3. The summed E-state index contributed by atoms with van der Waals surface area (Å²) in [6, 6.07) is 4.00. The largest absolute Gasteiger partial charge is 0.477 e. The van der Waals surface area contributed by atoms with Crippen molar-refractivity contribution in [2.75, 3.05) is 13.7 Å². The van der Waals surface area contributed by atoms with Crippen LogP contribution in [0.2, 0.25) is 0 Å². The van der Waals surface area contributed by atoms with E-state index in [9.17, 15) is 0 Å². The Morgan fingerprint density at radius 1 is 1.17 bits per heavy atom. The van der Waals surface area contributed by atoms with E-state index < -0.39 is 0 Å². The Kier molecular flexibility index (Phi) is 8.23. The summed E-state index contributed by atoms with van der Waals surface area (Å²) in [5.41, 5.74) is 1.13. The average molecular weight is 250 g/mol. The third-order valence-corrected chi connectivity index (χ3v) is 2.95. The number of hydrogen-bond donors (Lipinski definition) is 1. The number of pyridine rings is 1. The van der Waals surface area contributed by atoms with Gasteiger partial charge in [0.15, 0.2) is 0 Å². The molecule has 0 unspecified atom stereocenters. The summed E-state index contributed by atoms with van der Waals surface area (Å²) in [5, 5.41) is 3.13. The second-order valence-electron chi connectivity index (χ2n) is 4.61. The van der Waals surface area contributed by atoms with Crippen molar-refractivity contribution in [3.05, 3.63) is 23.9 Å². The van der Waals surface area contributed by atoms with Gasteiger partial charge in [0.05, 0.1) is 6.61 Å². The Morgan fingerprint density at radius 3 is 2.72 bits per heavy atom. The molecule has 0 spiro atoms. The van der Waals surface area contributed by atoms with Gasteiger partial charge in [0.2, 0.25) is 5.88 Å². The number of unbranched alkanes of at least 4 members (excludes halogenated alkanes) is 5. The Hall–Kier alpha value is -1.09. The van der Waals surface area contributed by atoms with Gasteiger partial charge in [0.25, 0.3) is 0 Å². The first-order chi connectivity index (χ1) is 8.88. The van der Waals surface area contributed by atoms with Crippen LogP contribution in [0.5, 0.6) is 5.88 Å². The molecule has 3 heteroatoms. The van der Waals surface area contributed by atoms with Gasteiger partial charge in [-0.2, -0.15) is 0 Å². The molecule has 0 aliphatic carbocycles. The summed E-state index contributed by atoms with van der Waals surface area (Å²) in [7, 11) is 1.94. The minimum atomic E-state index is 0.778. The standard InChI is InChI=1S/C15H26N2O/c1-3-4-5-6-7-8-12-18-15-14(13-16-2)10-9-11-17-15/h9-11,16H,3-8,12-13H2,1-2H3. The van der Waals surface area contributed by atoms with Crippen LogP contribution in [0.25, 0.3) is 0 Å². The van der Waals surface area contributed by atoms with Gasteiger partial charge < -0.3 is 10.1 Å². The normalized spacial score (nSPS) is 10.6. The summed E-state index contributed by atoms with van der Waals surface area (Å²) in [5.74, 6) is 0.778. The van der Waals surface area contributed by atoms with Crippen molar-refractivity contribution in [3.8, 4) is 5.88 Å². The molecule has 3 nitrogen and oxygen atoms in total. The molecule has 1 aromatic rings. The fourth-order valence-electron chi connectivity index (χ4n) is 1.93. The van der Waals surface area contributed by atoms with E-state index in [4.69, 9.17) is 4.74 Å². The first-order valence-electron chi connectivity index (χ1n) is 7.09. The van der Waals surface area contributed by atoms with E-state index >= 15 is 0 Å². The lowest BCUT2D eigenvalue weighted by Crippen LogP contribution is -2.09. The van der Waals surface area contributed by atoms with E-state index in [2.05, 4.69) is 23.3 Å². The van der Waals surface area contributed by atoms with Gasteiger partial charge in [-0.25, -0.2) is 4.98 Å². The maximum atomic E-state index is 5.75. The summed E-state index contributed by atoms with van der Waals surface area (Å²) in [6.07, 6.45) is 9.50. The van der Waals surface area contributed by atoms with Crippen LogP contribution < -0.4 is 10.1 Å². The molecule has 0 aromatic carbocycles. The number of nitrogens with one attached hydrogen (secondary N) is 1. The Morgan fingerprint density at radius 2 is 1.94 bits per heavy atom. The topological polar surface area (TPSA) is 34.1 Å². The SMILES string of the molecule is CCCCCCCCOc1ncccc1CNC. The molecule has 0 amide bonds. The lowest BCUT2D eigenvalue weighted by Gasteiger charge is -2.09. The van der Waals surface area contributed by atoms with Crippen LogP contribution >= 0.6 is 0 Å². The van der Waals surface area contributed by atoms with Crippen molar-refractivity contribution < 1.29 is 4.74 Å². The maximum Gasteiger partial charge on any atom is 0.217 e. The number of aromatic nitrogens is 1. The van der Waals surface area contributed by atoms with Crippen molar-refractivity contribution in [2.24, 2.45) is 0 Å². The predicted octanol–water partition coefficient (Wildman–Crippen LogP) is 3.54. The second-order valence-corrected chi connectivity index (χ2v) is 4.61. The molecular formula is C15H26N2O. The molecule has 1 rings (SSSR count). The van der Waals surface area contributed by atoms with Gasteiger partial charge in [-0.1, -0.05) is 45.1 Å². The predicted molar refractivity (Wildman–Crippen MR) is 75.9 cm³/mol. The van der Waals surface area contributed by atoms with Crippen LogP contribution in [0.1, 0.15) is 51.0 Å². The molecule has 0 aliphatic rings. The minimum absolute atomic E-state index is 0.778. The fraction of sp³-hybridized carbons (Fsp3) is 0.667. The molecule has 0 atom stereocenters. The summed E-state index contributed by atoms with van der Waals surface area (Å²) < 4.78 is 5.75. The Labute approximate surface area is 111 Å². The number of rotatable bonds is 10. The quantitative estimate of drug-likeness (QED) is 0.645. The van der Waals surface area contributed by atoms with Crippen LogP contribution in [0.4, 0.5) is 0 Å². The smallest absolute Gasteiger partial charge is 0.217 e. The highest BCUT2D eigenvalue weighted by atomic mass is 16.5. The Balaban J connectivity index is 2.18. The van der Waals surface area contributed by atoms with Crippen LogP contribution in [-0.2, 0) is 6.54 Å². The molecule has 0 bridgehead atoms. The third-order valence-electron chi connectivity index (χ3n) is 2.95. The van der Waals surface area contributed by atoms with Gasteiger partial charge in [-0.15, -0.1) is 0 Å². The lowest BCUT2D eigenvalue weighted by molar-refractivity contribution is 0.289. The molecule has 1 N–H and O–H groups in total. The first kappa shape index (κ1) is 15.0. The maximum absolute atomic E-state index is 5.75. The van der Waals surface area contributed by atoms with Gasteiger partial charge in [-0.3, -0.25) is 0 Å². The Bertz CT molecular complexity index is 315. The summed E-state index contributed by atoms with van der Waals surface area (Å²) >= 11 is 0. The van der Waals surface area contributed by atoms with E-state index in [0.29, 0.717) is 0 Å². The molecule has 0 saturated carbocycles. The van der Waals surface area contributed by atoms with Crippen molar-refractivity contribution in [2.45, 2.75) is 52.0 Å². The highest BCUT2D eigenvalue weighted by Crippen LogP contribution is 2.14. The van der Waals surface area contributed by atoms with E-state index in [1.54, 1.807) is 6.20 Å². The van der Waals surface area contributed by atoms with E-state index in [-0.39, 0.29) is 0 Å². The zero-order valence-electron chi connectivity index (χ0n) is 11.7. The molecule has 0 radical (unpaired) electrons. The van der Waals surface area contributed by atoms with Crippen LogP contribution in [0, 0.1) is 0 Å². The molecular weight excluding hydrogens is 224 g/mol. The highest BCUT2D eigenvalue weighted by Gasteiger charge is 2.02. The van der Waals surface area contributed by atoms with Gasteiger partial charge in [-0.05, 0) is 19.5 Å². The van der Waals surface area contributed by atoms with E-state index in [0.717, 1.165) is 31.0 Å². The van der Waals surface area contributed by atoms with E-state index in [1.807, 2.05) is 13.1 Å². The number of nitrogens with zero attached hydrogens (tertiary/aromatic N) is 1. The van der Waals surface area contributed by atoms with Gasteiger partial charge >= 0.3 is 0 Å². The monoisotopic (exact) mass is 250 g/mol. The van der Waals surface area contributed by atoms with Crippen molar-refractivity contribution in [3.63, 3.8) is 0 Å². The molecule has 102 valence electrons. The zero-order valence-corrected chi connectivity index (χ0v) is 11.7. The summed E-state index contributed by atoms with van der Waals surface area (Å²) in [4.78, 5) is 4.28. The number of ether oxygens (including phenoxy) is 1. The van der Waals surface area contributed by atoms with E-state index in [1.165, 1.54) is 32.1 Å². The third kappa shape index (κ3) is 6.01. The second kappa shape index (κ2) is 9.89. The lowest BCUT2D eigenvalue weighted by atomic mass is 10.1.